The fourth-order valence-electron chi connectivity index (χ4n) is 1.27. The third kappa shape index (κ3) is 1.72. The normalized spacial score (nSPS) is 14.9. The second-order valence-electron chi connectivity index (χ2n) is 3.34. The molecule has 0 amide bonds. The minimum atomic E-state index is -1.01. The monoisotopic (exact) mass is 177 g/mol. The first-order chi connectivity index (χ1) is 6.11. The van der Waals surface area contributed by atoms with Crippen LogP contribution >= 0.6 is 0 Å². The largest absolute Gasteiger partial charge is 0.365 e. The van der Waals surface area contributed by atoms with E-state index in [-0.39, 0.29) is 0 Å². The molecule has 1 atom stereocenters. The third-order valence-electron chi connectivity index (χ3n) is 2.57. The van der Waals surface area contributed by atoms with Crippen LogP contribution < -0.4 is 0 Å². The van der Waals surface area contributed by atoms with E-state index >= 15 is 0 Å². The lowest BCUT2D eigenvalue weighted by Crippen LogP contribution is -2.30. The SMILES string of the molecule is CCC(C)(C([O])=O)c1ccccc1. The molecule has 0 saturated carbocycles. The van der Waals surface area contributed by atoms with Crippen molar-refractivity contribution in [2.75, 3.05) is 0 Å². The summed E-state index contributed by atoms with van der Waals surface area (Å²) in [4.78, 5) is 10.9. The van der Waals surface area contributed by atoms with Crippen molar-refractivity contribution in [2.24, 2.45) is 0 Å². The molecule has 0 aromatic heterocycles. The van der Waals surface area contributed by atoms with E-state index in [9.17, 15) is 9.90 Å². The molecule has 2 nitrogen and oxygen atoms in total. The average molecular weight is 177 g/mol. The molecule has 1 unspecified atom stereocenters. The van der Waals surface area contributed by atoms with Gasteiger partial charge in [-0.05, 0) is 18.9 Å². The van der Waals surface area contributed by atoms with Crippen molar-refractivity contribution in [3.63, 3.8) is 0 Å². The Morgan fingerprint density at radius 1 is 1.31 bits per heavy atom. The molecule has 0 spiro atoms. The highest BCUT2D eigenvalue weighted by atomic mass is 16.4. The van der Waals surface area contributed by atoms with Gasteiger partial charge in [0.1, 0.15) is 0 Å². The Hall–Kier alpha value is -1.31. The molecule has 0 aliphatic heterocycles. The minimum Gasteiger partial charge on any atom is -0.246 e. The van der Waals surface area contributed by atoms with E-state index in [4.69, 9.17) is 0 Å². The smallest absolute Gasteiger partial charge is 0.246 e. The Morgan fingerprint density at radius 3 is 2.23 bits per heavy atom. The van der Waals surface area contributed by atoms with E-state index in [1.165, 1.54) is 0 Å². The molecule has 0 aliphatic rings. The van der Waals surface area contributed by atoms with Crippen LogP contribution in [0.1, 0.15) is 25.8 Å². The minimum absolute atomic E-state index is 0.541. The Labute approximate surface area is 78.2 Å². The number of rotatable bonds is 3. The molecule has 0 aliphatic carbocycles. The van der Waals surface area contributed by atoms with Crippen molar-refractivity contribution in [1.29, 1.82) is 0 Å². The predicted molar refractivity (Wildman–Crippen MR) is 49.8 cm³/mol. The number of benzene rings is 1. The summed E-state index contributed by atoms with van der Waals surface area (Å²) in [7, 11) is 0. The number of carbonyl (C=O) groups excluding carboxylic acids is 1. The zero-order chi connectivity index (χ0) is 9.90. The van der Waals surface area contributed by atoms with E-state index in [2.05, 4.69) is 0 Å². The summed E-state index contributed by atoms with van der Waals surface area (Å²) >= 11 is 0. The van der Waals surface area contributed by atoms with Gasteiger partial charge in [-0.1, -0.05) is 37.3 Å². The van der Waals surface area contributed by atoms with Crippen LogP contribution in [0.25, 0.3) is 0 Å². The van der Waals surface area contributed by atoms with Crippen molar-refractivity contribution in [3.8, 4) is 0 Å². The quantitative estimate of drug-likeness (QED) is 0.698. The van der Waals surface area contributed by atoms with Gasteiger partial charge in [-0.15, -0.1) is 0 Å². The summed E-state index contributed by atoms with van der Waals surface area (Å²) in [5.41, 5.74) is -0.0566. The fraction of sp³-hybridized carbons (Fsp3) is 0.364. The maximum absolute atomic E-state index is 10.9. The van der Waals surface area contributed by atoms with Crippen molar-refractivity contribution in [2.45, 2.75) is 25.7 Å². The van der Waals surface area contributed by atoms with E-state index in [1.807, 2.05) is 37.3 Å². The average Bonchev–Trinajstić information content (AvgIpc) is 2.17. The van der Waals surface area contributed by atoms with Crippen LogP contribution in [-0.4, -0.2) is 5.97 Å². The van der Waals surface area contributed by atoms with Crippen molar-refractivity contribution in [3.05, 3.63) is 35.9 Å². The van der Waals surface area contributed by atoms with Gasteiger partial charge in [0.2, 0.25) is 0 Å². The van der Waals surface area contributed by atoms with Crippen LogP contribution in [0, 0.1) is 0 Å². The summed E-state index contributed by atoms with van der Waals surface area (Å²) in [6, 6.07) is 9.19. The first-order valence-corrected chi connectivity index (χ1v) is 4.38. The fourth-order valence-corrected chi connectivity index (χ4v) is 1.27. The number of hydrogen-bond donors (Lipinski definition) is 0. The Balaban J connectivity index is 3.11. The van der Waals surface area contributed by atoms with Gasteiger partial charge in [-0.25, -0.2) is 9.90 Å². The van der Waals surface area contributed by atoms with Crippen LogP contribution in [-0.2, 0) is 15.3 Å². The van der Waals surface area contributed by atoms with E-state index in [0.717, 1.165) is 5.56 Å². The van der Waals surface area contributed by atoms with E-state index in [1.54, 1.807) is 6.92 Å². The van der Waals surface area contributed by atoms with E-state index < -0.39 is 11.4 Å². The molecule has 1 aromatic rings. The summed E-state index contributed by atoms with van der Waals surface area (Å²) in [6.45, 7) is 3.54. The molecule has 0 fully saturated rings. The lowest BCUT2D eigenvalue weighted by molar-refractivity contribution is -0.149. The van der Waals surface area contributed by atoms with Crippen molar-refractivity contribution < 1.29 is 9.90 Å². The highest BCUT2D eigenvalue weighted by Crippen LogP contribution is 2.27. The highest BCUT2D eigenvalue weighted by Gasteiger charge is 2.34. The summed E-state index contributed by atoms with van der Waals surface area (Å²) in [5, 5.41) is 10.9. The molecule has 0 saturated heterocycles. The predicted octanol–water partition coefficient (Wildman–Crippen LogP) is 2.31. The van der Waals surface area contributed by atoms with Gasteiger partial charge in [0.25, 0.3) is 0 Å². The van der Waals surface area contributed by atoms with Gasteiger partial charge in [0.05, 0.1) is 5.41 Å². The van der Waals surface area contributed by atoms with Gasteiger partial charge in [0, 0.05) is 0 Å². The van der Waals surface area contributed by atoms with Crippen molar-refractivity contribution >= 4 is 5.97 Å². The molecule has 0 heterocycles. The molecule has 1 radical (unpaired) electrons. The number of hydrogen-bond acceptors (Lipinski definition) is 1. The van der Waals surface area contributed by atoms with Crippen LogP contribution in [0.2, 0.25) is 0 Å². The Morgan fingerprint density at radius 2 is 1.85 bits per heavy atom. The van der Waals surface area contributed by atoms with Gasteiger partial charge in [-0.2, -0.15) is 0 Å². The molecule has 1 aromatic carbocycles. The molecular weight excluding hydrogens is 164 g/mol. The molecular formula is C11H13O2. The Bertz CT molecular complexity index is 292. The highest BCUT2D eigenvalue weighted by molar-refractivity contribution is 5.80. The van der Waals surface area contributed by atoms with Gasteiger partial charge >= 0.3 is 5.97 Å². The lowest BCUT2D eigenvalue weighted by atomic mass is 9.80. The first-order valence-electron chi connectivity index (χ1n) is 4.38. The van der Waals surface area contributed by atoms with Crippen molar-refractivity contribution in [1.82, 2.24) is 0 Å². The molecule has 13 heavy (non-hydrogen) atoms. The zero-order valence-corrected chi connectivity index (χ0v) is 7.91. The molecule has 0 bridgehead atoms. The zero-order valence-electron chi connectivity index (χ0n) is 7.91. The summed E-state index contributed by atoms with van der Waals surface area (Å²) in [6.07, 6.45) is 0.541. The van der Waals surface area contributed by atoms with E-state index in [0.29, 0.717) is 6.42 Å². The molecule has 1 rings (SSSR count). The van der Waals surface area contributed by atoms with Crippen LogP contribution in [0.4, 0.5) is 0 Å². The second kappa shape index (κ2) is 3.60. The van der Waals surface area contributed by atoms with Crippen LogP contribution in [0.15, 0.2) is 30.3 Å². The molecule has 2 heteroatoms. The maximum atomic E-state index is 10.9. The summed E-state index contributed by atoms with van der Waals surface area (Å²) in [5.74, 6) is -1.01. The van der Waals surface area contributed by atoms with Gasteiger partial charge < -0.3 is 0 Å². The summed E-state index contributed by atoms with van der Waals surface area (Å²) < 4.78 is 0. The van der Waals surface area contributed by atoms with Gasteiger partial charge in [-0.3, -0.25) is 0 Å². The molecule has 69 valence electrons. The van der Waals surface area contributed by atoms with Crippen LogP contribution in [0.5, 0.6) is 0 Å². The topological polar surface area (TPSA) is 37.0 Å². The maximum Gasteiger partial charge on any atom is 0.365 e. The van der Waals surface area contributed by atoms with Gasteiger partial charge in [0.15, 0.2) is 0 Å². The van der Waals surface area contributed by atoms with Crippen LogP contribution in [0.3, 0.4) is 0 Å². The standard InChI is InChI=1S/C11H13O2/c1-3-11(2,10(12)13)9-7-5-4-6-8-9/h4-8H,3H2,1-2H3. The second-order valence-corrected chi connectivity index (χ2v) is 3.34. The third-order valence-corrected chi connectivity index (χ3v) is 2.57. The lowest BCUT2D eigenvalue weighted by Gasteiger charge is -2.21. The molecule has 0 N–H and O–H groups in total. The first kappa shape index (κ1) is 9.78. The number of carbonyl (C=O) groups is 1. The Kier molecular flexibility index (Phi) is 2.71.